The van der Waals surface area contributed by atoms with Crippen LogP contribution in [0.1, 0.15) is 0 Å². The van der Waals surface area contributed by atoms with Crippen molar-refractivity contribution in [1.82, 2.24) is 9.97 Å². The van der Waals surface area contributed by atoms with Gasteiger partial charge in [0.05, 0.1) is 13.2 Å². The van der Waals surface area contributed by atoms with Crippen molar-refractivity contribution in [3.63, 3.8) is 0 Å². The third-order valence-electron chi connectivity index (χ3n) is 2.54. The Hall–Kier alpha value is -1.60. The minimum Gasteiger partial charge on any atom is -0.393 e. The Morgan fingerprint density at radius 1 is 1.59 bits per heavy atom. The van der Waals surface area contributed by atoms with Crippen LogP contribution in [0.25, 0.3) is 0 Å². The molecule has 1 amide bonds. The van der Waals surface area contributed by atoms with Gasteiger partial charge in [0.15, 0.2) is 11.0 Å². The summed E-state index contributed by atoms with van der Waals surface area (Å²) in [5.74, 6) is -0.0732. The van der Waals surface area contributed by atoms with Gasteiger partial charge in [-0.3, -0.25) is 4.79 Å². The van der Waals surface area contributed by atoms with E-state index in [1.54, 1.807) is 4.90 Å². The van der Waals surface area contributed by atoms with Gasteiger partial charge in [-0.05, 0) is 0 Å². The number of halogens is 1. The van der Waals surface area contributed by atoms with E-state index in [9.17, 15) is 4.79 Å². The minimum atomic E-state index is -0.586. The fraction of sp³-hybridized carbons (Fsp3) is 0.444. The summed E-state index contributed by atoms with van der Waals surface area (Å²) in [4.78, 5) is 20.8. The Morgan fingerprint density at radius 2 is 2.35 bits per heavy atom. The maximum atomic E-state index is 11.3. The molecule has 0 aliphatic carbocycles. The molecule has 1 aromatic heterocycles. The number of hydrogen-bond donors (Lipinski definition) is 2. The van der Waals surface area contributed by atoms with E-state index in [4.69, 9.17) is 27.8 Å². The zero-order valence-electron chi connectivity index (χ0n) is 8.97. The van der Waals surface area contributed by atoms with E-state index < -0.39 is 11.9 Å². The number of aromatic nitrogens is 2. The molecule has 0 saturated carbocycles. The summed E-state index contributed by atoms with van der Waals surface area (Å²) in [7, 11) is 0. The van der Waals surface area contributed by atoms with Gasteiger partial charge in [0, 0.05) is 6.54 Å². The third kappa shape index (κ3) is 2.25. The van der Waals surface area contributed by atoms with Gasteiger partial charge < -0.3 is 21.1 Å². The van der Waals surface area contributed by atoms with Gasteiger partial charge in [-0.1, -0.05) is 11.6 Å². The standard InChI is InChI=1S/C9H12ClN5O2/c10-7-6(11)9(14-4-13-7)15-1-2-17-3-5(15)8(12)16/h4-5H,1-3,11H2,(H2,12,16). The first-order valence-corrected chi connectivity index (χ1v) is 5.38. The predicted octanol–water partition coefficient (Wildman–Crippen LogP) is -0.597. The highest BCUT2D eigenvalue weighted by atomic mass is 35.5. The highest BCUT2D eigenvalue weighted by molar-refractivity contribution is 6.32. The highest BCUT2D eigenvalue weighted by Gasteiger charge is 2.30. The number of morpholine rings is 1. The van der Waals surface area contributed by atoms with Crippen LogP contribution in [0.15, 0.2) is 6.33 Å². The molecule has 1 aliphatic heterocycles. The smallest absolute Gasteiger partial charge is 0.242 e. The lowest BCUT2D eigenvalue weighted by Crippen LogP contribution is -2.53. The summed E-state index contributed by atoms with van der Waals surface area (Å²) in [5, 5.41) is 0.157. The third-order valence-corrected chi connectivity index (χ3v) is 2.84. The average molecular weight is 258 g/mol. The number of nitrogen functional groups attached to an aromatic ring is 1. The fourth-order valence-electron chi connectivity index (χ4n) is 1.69. The highest BCUT2D eigenvalue weighted by Crippen LogP contribution is 2.28. The number of anilines is 2. The molecule has 7 nitrogen and oxygen atoms in total. The van der Waals surface area contributed by atoms with Crippen molar-refractivity contribution >= 4 is 29.0 Å². The van der Waals surface area contributed by atoms with Crippen molar-refractivity contribution < 1.29 is 9.53 Å². The van der Waals surface area contributed by atoms with Gasteiger partial charge in [0.2, 0.25) is 5.91 Å². The molecule has 0 aromatic carbocycles. The summed E-state index contributed by atoms with van der Waals surface area (Å²) < 4.78 is 5.21. The number of carbonyl (C=O) groups is 1. The Kier molecular flexibility index (Phi) is 3.30. The molecule has 8 heteroatoms. The molecule has 0 radical (unpaired) electrons. The van der Waals surface area contributed by atoms with Crippen LogP contribution in [-0.2, 0) is 9.53 Å². The lowest BCUT2D eigenvalue weighted by molar-refractivity contribution is -0.121. The van der Waals surface area contributed by atoms with Crippen LogP contribution in [0, 0.1) is 0 Å². The van der Waals surface area contributed by atoms with E-state index in [1.807, 2.05) is 0 Å². The molecule has 0 spiro atoms. The monoisotopic (exact) mass is 257 g/mol. The fourth-order valence-corrected chi connectivity index (χ4v) is 1.82. The van der Waals surface area contributed by atoms with Gasteiger partial charge in [0.25, 0.3) is 0 Å². The number of nitrogens with two attached hydrogens (primary N) is 2. The molecule has 92 valence electrons. The zero-order chi connectivity index (χ0) is 12.4. The van der Waals surface area contributed by atoms with E-state index >= 15 is 0 Å². The molecule has 0 bridgehead atoms. The van der Waals surface area contributed by atoms with Crippen molar-refractivity contribution in [1.29, 1.82) is 0 Å². The molecule has 2 heterocycles. The van der Waals surface area contributed by atoms with Gasteiger partial charge >= 0.3 is 0 Å². The summed E-state index contributed by atoms with van der Waals surface area (Å²) in [6.07, 6.45) is 1.29. The molecule has 1 atom stereocenters. The average Bonchev–Trinajstić information content (AvgIpc) is 2.33. The zero-order valence-corrected chi connectivity index (χ0v) is 9.72. The summed E-state index contributed by atoms with van der Waals surface area (Å²) in [6, 6.07) is -0.586. The topological polar surface area (TPSA) is 107 Å². The Labute approximate surface area is 103 Å². The van der Waals surface area contributed by atoms with E-state index in [1.165, 1.54) is 6.33 Å². The molecule has 1 aromatic rings. The summed E-state index contributed by atoms with van der Waals surface area (Å²) in [5.41, 5.74) is 11.3. The Morgan fingerprint density at radius 3 is 3.06 bits per heavy atom. The maximum absolute atomic E-state index is 11.3. The summed E-state index contributed by atoms with van der Waals surface area (Å²) >= 11 is 5.81. The van der Waals surface area contributed by atoms with Crippen molar-refractivity contribution in [2.45, 2.75) is 6.04 Å². The van der Waals surface area contributed by atoms with Gasteiger partial charge in [0.1, 0.15) is 18.1 Å². The maximum Gasteiger partial charge on any atom is 0.242 e. The number of primary amides is 1. The number of ether oxygens (including phenoxy) is 1. The molecular weight excluding hydrogens is 246 g/mol. The molecule has 4 N–H and O–H groups in total. The number of amides is 1. The van der Waals surface area contributed by atoms with Crippen LogP contribution in [0.4, 0.5) is 11.5 Å². The van der Waals surface area contributed by atoms with E-state index in [0.717, 1.165) is 0 Å². The second-order valence-corrected chi connectivity index (χ2v) is 3.95. The van der Waals surface area contributed by atoms with Gasteiger partial charge in [-0.25, -0.2) is 9.97 Å². The SMILES string of the molecule is NC(=O)C1COCCN1c1ncnc(Cl)c1N. The first-order chi connectivity index (χ1) is 8.11. The second-order valence-electron chi connectivity index (χ2n) is 3.59. The van der Waals surface area contributed by atoms with Crippen molar-refractivity contribution in [3.8, 4) is 0 Å². The molecule has 1 saturated heterocycles. The van der Waals surface area contributed by atoms with Crippen LogP contribution >= 0.6 is 11.6 Å². The second kappa shape index (κ2) is 4.72. The first-order valence-electron chi connectivity index (χ1n) is 5.01. The Bertz CT molecular complexity index is 441. The van der Waals surface area contributed by atoms with Gasteiger partial charge in [-0.2, -0.15) is 0 Å². The molecule has 2 rings (SSSR count). The number of rotatable bonds is 2. The molecule has 1 fully saturated rings. The van der Waals surface area contributed by atoms with Crippen LogP contribution in [0.2, 0.25) is 5.15 Å². The lowest BCUT2D eigenvalue weighted by Gasteiger charge is -2.34. The number of carbonyl (C=O) groups excluding carboxylic acids is 1. The molecule has 1 aliphatic rings. The normalized spacial score (nSPS) is 20.3. The van der Waals surface area contributed by atoms with E-state index in [-0.39, 0.29) is 17.4 Å². The summed E-state index contributed by atoms with van der Waals surface area (Å²) in [6.45, 7) is 1.17. The van der Waals surface area contributed by atoms with Crippen LogP contribution in [-0.4, -0.2) is 41.7 Å². The van der Waals surface area contributed by atoms with Crippen LogP contribution in [0.3, 0.4) is 0 Å². The quantitative estimate of drug-likeness (QED) is 0.685. The number of hydrogen-bond acceptors (Lipinski definition) is 6. The molecule has 1 unspecified atom stereocenters. The van der Waals surface area contributed by atoms with E-state index in [2.05, 4.69) is 9.97 Å². The molecule has 17 heavy (non-hydrogen) atoms. The first kappa shape index (κ1) is 11.9. The molecular formula is C9H12ClN5O2. The number of nitrogens with zero attached hydrogens (tertiary/aromatic N) is 3. The van der Waals surface area contributed by atoms with Gasteiger partial charge in [-0.15, -0.1) is 0 Å². The van der Waals surface area contributed by atoms with Crippen molar-refractivity contribution in [2.24, 2.45) is 5.73 Å². The van der Waals surface area contributed by atoms with Crippen molar-refractivity contribution in [3.05, 3.63) is 11.5 Å². The predicted molar refractivity (Wildman–Crippen MR) is 62.6 cm³/mol. The van der Waals surface area contributed by atoms with Crippen LogP contribution < -0.4 is 16.4 Å². The van der Waals surface area contributed by atoms with Crippen LogP contribution in [0.5, 0.6) is 0 Å². The largest absolute Gasteiger partial charge is 0.393 e. The lowest BCUT2D eigenvalue weighted by atomic mass is 10.2. The van der Waals surface area contributed by atoms with E-state index in [0.29, 0.717) is 19.0 Å². The minimum absolute atomic E-state index is 0.157. The van der Waals surface area contributed by atoms with Crippen molar-refractivity contribution in [2.75, 3.05) is 30.4 Å². The Balaban J connectivity index is 2.36.